The summed E-state index contributed by atoms with van der Waals surface area (Å²) in [4.78, 5) is 18.9. The van der Waals surface area contributed by atoms with Gasteiger partial charge in [0.1, 0.15) is 0 Å². The zero-order chi connectivity index (χ0) is 23.3. The van der Waals surface area contributed by atoms with Crippen LogP contribution in [0.1, 0.15) is 43.9 Å². The second kappa shape index (κ2) is 10.1. The number of amides is 1. The van der Waals surface area contributed by atoms with E-state index in [0.29, 0.717) is 18.7 Å². The Kier molecular flexibility index (Phi) is 7.06. The molecule has 0 atom stereocenters. The lowest BCUT2D eigenvalue weighted by Gasteiger charge is -2.29. The van der Waals surface area contributed by atoms with Crippen LogP contribution in [0.4, 0.5) is 5.69 Å². The summed E-state index contributed by atoms with van der Waals surface area (Å²) in [6, 6.07) is 10.5. The number of hydrogen-bond donors (Lipinski definition) is 3. The first-order valence-corrected chi connectivity index (χ1v) is 11.5. The normalized spacial score (nSPS) is 16.3. The van der Waals surface area contributed by atoms with Crippen LogP contribution in [0.25, 0.3) is 5.57 Å². The fourth-order valence-electron chi connectivity index (χ4n) is 4.18. The molecule has 1 amide bonds. The van der Waals surface area contributed by atoms with Gasteiger partial charge >= 0.3 is 0 Å². The maximum Gasteiger partial charge on any atom is 0.263 e. The minimum atomic E-state index is -0.119. The molecule has 3 N–H and O–H groups in total. The van der Waals surface area contributed by atoms with E-state index in [0.717, 1.165) is 30.8 Å². The van der Waals surface area contributed by atoms with Crippen LogP contribution in [0.15, 0.2) is 72.7 Å². The van der Waals surface area contributed by atoms with Crippen LogP contribution in [-0.2, 0) is 16.8 Å². The number of aromatic nitrogens is 1. The van der Waals surface area contributed by atoms with E-state index < -0.39 is 0 Å². The third-order valence-corrected chi connectivity index (χ3v) is 5.99. The van der Waals surface area contributed by atoms with Crippen LogP contribution < -0.4 is 21.1 Å². The highest BCUT2D eigenvalue weighted by Crippen LogP contribution is 2.35. The Morgan fingerprint density at radius 1 is 1.18 bits per heavy atom. The maximum atomic E-state index is 12.7. The second-order valence-corrected chi connectivity index (χ2v) is 9.49. The summed E-state index contributed by atoms with van der Waals surface area (Å²) in [5, 5.41) is 3.41. The topological polar surface area (TPSA) is 69.3 Å². The van der Waals surface area contributed by atoms with E-state index in [1.807, 2.05) is 30.5 Å². The van der Waals surface area contributed by atoms with Crippen LogP contribution in [0, 0.1) is 0 Å². The zero-order valence-corrected chi connectivity index (χ0v) is 19.7. The van der Waals surface area contributed by atoms with Crippen molar-refractivity contribution < 1.29 is 4.79 Å². The maximum absolute atomic E-state index is 12.7. The van der Waals surface area contributed by atoms with Crippen LogP contribution >= 0.6 is 0 Å². The molecule has 1 aromatic carbocycles. The van der Waals surface area contributed by atoms with Crippen molar-refractivity contribution in [1.82, 2.24) is 21.2 Å². The molecular weight excluding hydrogens is 410 g/mol. The van der Waals surface area contributed by atoms with Gasteiger partial charge in [0.2, 0.25) is 0 Å². The van der Waals surface area contributed by atoms with Crippen molar-refractivity contribution in [1.29, 1.82) is 0 Å². The van der Waals surface area contributed by atoms with Crippen molar-refractivity contribution in [2.75, 3.05) is 24.5 Å². The molecule has 3 heterocycles. The molecule has 0 saturated carbocycles. The highest BCUT2D eigenvalue weighted by molar-refractivity contribution is 5.95. The molecule has 0 aliphatic carbocycles. The predicted octanol–water partition coefficient (Wildman–Crippen LogP) is 3.84. The Morgan fingerprint density at radius 2 is 2.00 bits per heavy atom. The van der Waals surface area contributed by atoms with Crippen LogP contribution in [0.5, 0.6) is 0 Å². The standard InChI is InChI=1S/C27H33N5O/c1-27(2,3)25-7-6-23(17-24(25)21-10-14-29-15-11-21)32-16-4-5-22(19-32)26(33)31-30-18-20-8-12-28-13-9-20/h4-10,12-13,16-17,29-30H,11,14-15,18-19H2,1-3H3,(H,31,33). The molecule has 0 fully saturated rings. The number of pyridine rings is 1. The van der Waals surface area contributed by atoms with Gasteiger partial charge in [-0.1, -0.05) is 39.0 Å². The molecule has 172 valence electrons. The Balaban J connectivity index is 1.47. The molecule has 33 heavy (non-hydrogen) atoms. The quantitative estimate of drug-likeness (QED) is 0.592. The van der Waals surface area contributed by atoms with Gasteiger partial charge in [0, 0.05) is 42.9 Å². The molecule has 6 heteroatoms. The average molecular weight is 444 g/mol. The van der Waals surface area contributed by atoms with E-state index in [1.54, 1.807) is 12.4 Å². The van der Waals surface area contributed by atoms with Gasteiger partial charge in [0.15, 0.2) is 0 Å². The summed E-state index contributed by atoms with van der Waals surface area (Å²) in [5.74, 6) is -0.119. The Hall–Kier alpha value is -3.22. The van der Waals surface area contributed by atoms with Crippen LogP contribution in [0.2, 0.25) is 0 Å². The summed E-state index contributed by atoms with van der Waals surface area (Å²) in [6.07, 6.45) is 12.7. The van der Waals surface area contributed by atoms with Crippen molar-refractivity contribution >= 4 is 17.2 Å². The first-order valence-electron chi connectivity index (χ1n) is 11.5. The molecule has 0 bridgehead atoms. The number of anilines is 1. The molecular formula is C27H33N5O. The number of carbonyl (C=O) groups is 1. The van der Waals surface area contributed by atoms with E-state index in [9.17, 15) is 4.79 Å². The van der Waals surface area contributed by atoms with Gasteiger partial charge in [-0.2, -0.15) is 0 Å². The Labute approximate surface area is 196 Å². The van der Waals surface area contributed by atoms with E-state index in [-0.39, 0.29) is 11.3 Å². The van der Waals surface area contributed by atoms with E-state index in [4.69, 9.17) is 0 Å². The van der Waals surface area contributed by atoms with Gasteiger partial charge in [0.05, 0.1) is 6.54 Å². The van der Waals surface area contributed by atoms with Gasteiger partial charge in [-0.15, -0.1) is 0 Å². The fourth-order valence-corrected chi connectivity index (χ4v) is 4.18. The SMILES string of the molecule is CC(C)(C)c1ccc(N2C=CC=C(C(=O)NNCc3ccncc3)C2)cc1C1=CCNCC1. The average Bonchev–Trinajstić information content (AvgIpc) is 2.84. The molecule has 2 aromatic rings. The summed E-state index contributed by atoms with van der Waals surface area (Å²) >= 11 is 0. The number of rotatable bonds is 6. The fraction of sp³-hybridized carbons (Fsp3) is 0.333. The second-order valence-electron chi connectivity index (χ2n) is 9.49. The van der Waals surface area contributed by atoms with Crippen LogP contribution in [0.3, 0.4) is 0 Å². The van der Waals surface area contributed by atoms with Crippen molar-refractivity contribution in [3.05, 3.63) is 89.4 Å². The molecule has 0 spiro atoms. The van der Waals surface area contributed by atoms with Crippen molar-refractivity contribution in [2.45, 2.75) is 39.2 Å². The number of nitrogens with zero attached hydrogens (tertiary/aromatic N) is 2. The molecule has 1 aromatic heterocycles. The lowest BCUT2D eigenvalue weighted by molar-refractivity contribution is -0.118. The summed E-state index contributed by atoms with van der Waals surface area (Å²) in [6.45, 7) is 9.76. The van der Waals surface area contributed by atoms with Crippen LogP contribution in [-0.4, -0.2) is 30.5 Å². The van der Waals surface area contributed by atoms with Gasteiger partial charge in [-0.3, -0.25) is 15.2 Å². The third kappa shape index (κ3) is 5.78. The summed E-state index contributed by atoms with van der Waals surface area (Å²) < 4.78 is 0. The lowest BCUT2D eigenvalue weighted by atomic mass is 9.80. The number of hydrogen-bond acceptors (Lipinski definition) is 5. The minimum Gasteiger partial charge on any atom is -0.343 e. The molecule has 0 unspecified atom stereocenters. The van der Waals surface area contributed by atoms with Crippen molar-refractivity contribution in [3.8, 4) is 0 Å². The largest absolute Gasteiger partial charge is 0.343 e. The monoisotopic (exact) mass is 443 g/mol. The first-order chi connectivity index (χ1) is 15.9. The van der Waals surface area contributed by atoms with Gasteiger partial charge in [0.25, 0.3) is 5.91 Å². The highest BCUT2D eigenvalue weighted by atomic mass is 16.2. The highest BCUT2D eigenvalue weighted by Gasteiger charge is 2.23. The zero-order valence-electron chi connectivity index (χ0n) is 19.7. The van der Waals surface area contributed by atoms with Gasteiger partial charge in [-0.05, 0) is 71.0 Å². The number of nitrogens with one attached hydrogen (secondary N) is 3. The molecule has 2 aliphatic heterocycles. The molecule has 6 nitrogen and oxygen atoms in total. The molecule has 0 radical (unpaired) electrons. The van der Waals surface area contributed by atoms with E-state index in [1.165, 1.54) is 16.7 Å². The number of hydrazine groups is 1. The Bertz CT molecular complexity index is 1080. The van der Waals surface area contributed by atoms with Crippen molar-refractivity contribution in [2.24, 2.45) is 0 Å². The van der Waals surface area contributed by atoms with E-state index in [2.05, 4.69) is 71.1 Å². The summed E-state index contributed by atoms with van der Waals surface area (Å²) in [5.41, 5.74) is 12.8. The number of allylic oxidation sites excluding steroid dienone is 2. The lowest BCUT2D eigenvalue weighted by Crippen LogP contribution is -2.40. The minimum absolute atomic E-state index is 0.0583. The third-order valence-electron chi connectivity index (χ3n) is 5.99. The smallest absolute Gasteiger partial charge is 0.263 e. The Morgan fingerprint density at radius 3 is 2.73 bits per heavy atom. The van der Waals surface area contributed by atoms with E-state index >= 15 is 0 Å². The molecule has 4 rings (SSSR count). The van der Waals surface area contributed by atoms with Gasteiger partial charge in [-0.25, -0.2) is 5.43 Å². The summed E-state index contributed by atoms with van der Waals surface area (Å²) in [7, 11) is 0. The first kappa shape index (κ1) is 23.0. The molecule has 2 aliphatic rings. The molecule has 0 saturated heterocycles. The number of benzene rings is 1. The van der Waals surface area contributed by atoms with Crippen molar-refractivity contribution in [3.63, 3.8) is 0 Å². The van der Waals surface area contributed by atoms with Gasteiger partial charge < -0.3 is 10.2 Å². The predicted molar refractivity (Wildman–Crippen MR) is 134 cm³/mol. The number of carbonyl (C=O) groups excluding carboxylic acids is 1.